The van der Waals surface area contributed by atoms with E-state index in [4.69, 9.17) is 19.4 Å². The fourth-order valence-corrected chi connectivity index (χ4v) is 7.06. The molecule has 238 valence electrons. The molecule has 0 spiro atoms. The second-order valence-electron chi connectivity index (χ2n) is 12.7. The lowest BCUT2D eigenvalue weighted by molar-refractivity contribution is 0.670. The van der Waals surface area contributed by atoms with E-state index in [1.165, 1.54) is 5.39 Å². The quantitative estimate of drug-likeness (QED) is 0.185. The van der Waals surface area contributed by atoms with E-state index in [-0.39, 0.29) is 0 Å². The molecule has 10 aromatic rings. The summed E-state index contributed by atoms with van der Waals surface area (Å²) in [7, 11) is 0. The zero-order chi connectivity index (χ0) is 33.7. The van der Waals surface area contributed by atoms with Gasteiger partial charge in [-0.15, -0.1) is 0 Å². The highest BCUT2D eigenvalue weighted by Gasteiger charge is 2.18. The molecule has 0 unspecified atom stereocenters. The lowest BCUT2D eigenvalue weighted by Crippen LogP contribution is -1.96. The summed E-state index contributed by atoms with van der Waals surface area (Å²) in [5.74, 6) is 0.679. The van der Waals surface area contributed by atoms with Crippen LogP contribution < -0.4 is 0 Å². The molecule has 0 saturated carbocycles. The maximum absolute atomic E-state index is 6.46. The van der Waals surface area contributed by atoms with Crippen molar-refractivity contribution in [2.45, 2.75) is 0 Å². The highest BCUT2D eigenvalue weighted by molar-refractivity contribution is 6.15. The largest absolute Gasteiger partial charge is 0.454 e. The Morgan fingerprint density at radius 2 is 1.04 bits per heavy atom. The van der Waals surface area contributed by atoms with Crippen LogP contribution in [-0.4, -0.2) is 19.9 Å². The molecule has 4 heterocycles. The van der Waals surface area contributed by atoms with Crippen molar-refractivity contribution in [3.05, 3.63) is 170 Å². The number of rotatable bonds is 5. The molecule has 0 amide bonds. The Morgan fingerprint density at radius 3 is 1.80 bits per heavy atom. The first-order valence-corrected chi connectivity index (χ1v) is 17.0. The van der Waals surface area contributed by atoms with Crippen LogP contribution in [0.2, 0.25) is 0 Å². The van der Waals surface area contributed by atoms with E-state index < -0.39 is 0 Å². The number of furan rings is 1. The number of fused-ring (bicyclic) bond motifs is 5. The Morgan fingerprint density at radius 1 is 0.431 bits per heavy atom. The molecular weight excluding hydrogens is 625 g/mol. The second kappa shape index (κ2) is 11.9. The third kappa shape index (κ3) is 5.03. The van der Waals surface area contributed by atoms with Crippen LogP contribution in [0.3, 0.4) is 0 Å². The van der Waals surface area contributed by atoms with Crippen LogP contribution in [0.5, 0.6) is 0 Å². The summed E-state index contributed by atoms with van der Waals surface area (Å²) in [5.41, 5.74) is 12.4. The van der Waals surface area contributed by atoms with Gasteiger partial charge in [-0.3, -0.25) is 4.98 Å². The third-order valence-electron chi connectivity index (χ3n) is 9.59. The molecule has 0 aliphatic rings. The predicted octanol–water partition coefficient (Wildman–Crippen LogP) is 11.8. The summed E-state index contributed by atoms with van der Waals surface area (Å²) in [4.78, 5) is 19.7. The van der Waals surface area contributed by atoms with Crippen LogP contribution in [0.4, 0.5) is 0 Å². The number of hydrogen-bond donors (Lipinski definition) is 0. The van der Waals surface area contributed by atoms with Gasteiger partial charge in [0.1, 0.15) is 11.1 Å². The van der Waals surface area contributed by atoms with Gasteiger partial charge in [-0.05, 0) is 40.8 Å². The van der Waals surface area contributed by atoms with Gasteiger partial charge in [0.15, 0.2) is 11.4 Å². The molecule has 0 bridgehead atoms. The molecule has 10 rings (SSSR count). The Bertz CT molecular complexity index is 2890. The van der Waals surface area contributed by atoms with E-state index in [0.717, 1.165) is 88.7 Å². The molecule has 0 atom stereocenters. The number of pyridine rings is 2. The average molecular weight is 653 g/mol. The molecule has 5 heteroatoms. The summed E-state index contributed by atoms with van der Waals surface area (Å²) in [6.45, 7) is 0. The van der Waals surface area contributed by atoms with E-state index in [1.807, 2.05) is 60.9 Å². The molecule has 0 saturated heterocycles. The molecule has 0 aliphatic heterocycles. The standard InChI is InChI=1S/C46H28N4O/c1-2-10-33(11-3-1)46-49-40(30-20-18-29(19-21-30)38-28-47-27-34-12-4-5-13-35(34)38)26-41(50-46)31-22-24-32(25-23-31)43-36-14-6-8-16-39(36)48-44-37-15-7-9-17-42(37)51-45(43)44/h1-28H. The number of aromatic nitrogens is 4. The van der Waals surface area contributed by atoms with Crippen molar-refractivity contribution >= 4 is 43.7 Å². The monoisotopic (exact) mass is 652 g/mol. The molecule has 0 radical (unpaired) electrons. The van der Waals surface area contributed by atoms with Crippen molar-refractivity contribution in [2.24, 2.45) is 0 Å². The van der Waals surface area contributed by atoms with Crippen LogP contribution in [0.1, 0.15) is 0 Å². The molecular formula is C46H28N4O. The number of para-hydroxylation sites is 2. The van der Waals surface area contributed by atoms with Gasteiger partial charge in [-0.25, -0.2) is 15.0 Å². The molecule has 6 aromatic carbocycles. The van der Waals surface area contributed by atoms with E-state index in [2.05, 4.69) is 114 Å². The summed E-state index contributed by atoms with van der Waals surface area (Å²) in [6, 6.07) is 54.1. The van der Waals surface area contributed by atoms with Crippen molar-refractivity contribution in [3.8, 4) is 56.2 Å². The summed E-state index contributed by atoms with van der Waals surface area (Å²) >= 11 is 0. The highest BCUT2D eigenvalue weighted by Crippen LogP contribution is 2.40. The van der Waals surface area contributed by atoms with E-state index in [1.54, 1.807) is 0 Å². The Hall–Kier alpha value is -6.98. The first kappa shape index (κ1) is 29.0. The second-order valence-corrected chi connectivity index (χ2v) is 12.7. The van der Waals surface area contributed by atoms with Crippen LogP contribution in [0.25, 0.3) is 99.9 Å². The molecule has 4 aromatic heterocycles. The van der Waals surface area contributed by atoms with Gasteiger partial charge in [0.2, 0.25) is 0 Å². The Labute approximate surface area is 293 Å². The minimum atomic E-state index is 0.679. The van der Waals surface area contributed by atoms with E-state index >= 15 is 0 Å². The van der Waals surface area contributed by atoms with Gasteiger partial charge >= 0.3 is 0 Å². The SMILES string of the molecule is c1ccc(-c2nc(-c3ccc(-c4cncc5ccccc45)cc3)cc(-c3ccc(-c4c5ccccc5nc5c4oc4ccccc45)cc3)n2)cc1. The van der Waals surface area contributed by atoms with E-state index in [9.17, 15) is 0 Å². The normalized spacial score (nSPS) is 11.5. The van der Waals surface area contributed by atoms with Crippen molar-refractivity contribution in [2.75, 3.05) is 0 Å². The minimum absolute atomic E-state index is 0.679. The molecule has 0 aliphatic carbocycles. The van der Waals surface area contributed by atoms with Gasteiger partial charge in [0.05, 0.1) is 16.9 Å². The number of nitrogens with zero attached hydrogens (tertiary/aromatic N) is 4. The fourth-order valence-electron chi connectivity index (χ4n) is 7.06. The summed E-state index contributed by atoms with van der Waals surface area (Å²) in [6.07, 6.45) is 3.84. The number of benzene rings is 6. The van der Waals surface area contributed by atoms with Gasteiger partial charge in [-0.2, -0.15) is 0 Å². The van der Waals surface area contributed by atoms with Crippen molar-refractivity contribution in [1.29, 1.82) is 0 Å². The third-order valence-corrected chi connectivity index (χ3v) is 9.59. The smallest absolute Gasteiger partial charge is 0.162 e. The van der Waals surface area contributed by atoms with Crippen LogP contribution in [-0.2, 0) is 0 Å². The van der Waals surface area contributed by atoms with Crippen molar-refractivity contribution < 1.29 is 4.42 Å². The van der Waals surface area contributed by atoms with Gasteiger partial charge in [0, 0.05) is 56.4 Å². The predicted molar refractivity (Wildman–Crippen MR) is 207 cm³/mol. The summed E-state index contributed by atoms with van der Waals surface area (Å²) in [5, 5.41) is 4.37. The van der Waals surface area contributed by atoms with Crippen molar-refractivity contribution in [1.82, 2.24) is 19.9 Å². The van der Waals surface area contributed by atoms with Crippen LogP contribution >= 0.6 is 0 Å². The molecule has 51 heavy (non-hydrogen) atoms. The Kier molecular flexibility index (Phi) is 6.74. The average Bonchev–Trinajstić information content (AvgIpc) is 3.58. The first-order valence-electron chi connectivity index (χ1n) is 17.0. The zero-order valence-electron chi connectivity index (χ0n) is 27.4. The highest BCUT2D eigenvalue weighted by atomic mass is 16.3. The van der Waals surface area contributed by atoms with Crippen LogP contribution in [0.15, 0.2) is 175 Å². The van der Waals surface area contributed by atoms with Gasteiger partial charge in [0.25, 0.3) is 0 Å². The maximum atomic E-state index is 6.46. The van der Waals surface area contributed by atoms with E-state index in [0.29, 0.717) is 5.82 Å². The molecule has 0 fully saturated rings. The first-order chi connectivity index (χ1) is 25.3. The minimum Gasteiger partial charge on any atom is -0.454 e. The lowest BCUT2D eigenvalue weighted by atomic mass is 9.97. The van der Waals surface area contributed by atoms with Crippen molar-refractivity contribution in [3.63, 3.8) is 0 Å². The summed E-state index contributed by atoms with van der Waals surface area (Å²) < 4.78 is 6.46. The number of hydrogen-bond acceptors (Lipinski definition) is 5. The molecule has 0 N–H and O–H groups in total. The van der Waals surface area contributed by atoms with Gasteiger partial charge < -0.3 is 4.42 Å². The van der Waals surface area contributed by atoms with Crippen LogP contribution in [0, 0.1) is 0 Å². The fraction of sp³-hybridized carbons (Fsp3) is 0. The lowest BCUT2D eigenvalue weighted by Gasteiger charge is -2.12. The maximum Gasteiger partial charge on any atom is 0.162 e. The van der Waals surface area contributed by atoms with Gasteiger partial charge in [-0.1, -0.05) is 133 Å². The topological polar surface area (TPSA) is 64.7 Å². The Balaban J connectivity index is 1.08. The molecule has 5 nitrogen and oxygen atoms in total. The zero-order valence-corrected chi connectivity index (χ0v) is 27.4.